The molecule has 0 aliphatic heterocycles. The minimum atomic E-state index is -1.05. The first kappa shape index (κ1) is 15.9. The highest BCUT2D eigenvalue weighted by Gasteiger charge is 2.22. The van der Waals surface area contributed by atoms with Gasteiger partial charge in [0, 0.05) is 12.7 Å². The van der Waals surface area contributed by atoms with Gasteiger partial charge in [0.2, 0.25) is 5.95 Å². The van der Waals surface area contributed by atoms with E-state index in [1.165, 1.54) is 6.07 Å². The predicted molar refractivity (Wildman–Crippen MR) is 74.7 cm³/mol. The molecule has 1 amide bonds. The van der Waals surface area contributed by atoms with Crippen molar-refractivity contribution in [2.45, 2.75) is 33.2 Å². The number of anilines is 1. The SMILES string of the molecule is CNc1nc(C)cc(C(=O)N[C@@H](CC(C)C)C(=O)O)n1. The average molecular weight is 280 g/mol. The molecule has 7 heteroatoms. The van der Waals surface area contributed by atoms with E-state index >= 15 is 0 Å². The number of nitrogens with one attached hydrogen (secondary N) is 2. The van der Waals surface area contributed by atoms with Gasteiger partial charge in [0.25, 0.3) is 5.91 Å². The van der Waals surface area contributed by atoms with Gasteiger partial charge in [-0.2, -0.15) is 0 Å². The van der Waals surface area contributed by atoms with Crippen LogP contribution in [-0.4, -0.2) is 40.0 Å². The highest BCUT2D eigenvalue weighted by atomic mass is 16.4. The third-order valence-corrected chi connectivity index (χ3v) is 2.62. The van der Waals surface area contributed by atoms with Crippen molar-refractivity contribution in [2.24, 2.45) is 5.92 Å². The minimum absolute atomic E-state index is 0.150. The minimum Gasteiger partial charge on any atom is -0.480 e. The lowest BCUT2D eigenvalue weighted by Crippen LogP contribution is -2.42. The molecule has 7 nitrogen and oxygen atoms in total. The molecule has 0 aliphatic carbocycles. The number of nitrogens with zero attached hydrogens (tertiary/aromatic N) is 2. The second kappa shape index (κ2) is 6.83. The van der Waals surface area contributed by atoms with Crippen molar-refractivity contribution >= 4 is 17.8 Å². The summed E-state index contributed by atoms with van der Waals surface area (Å²) in [5.74, 6) is -1.07. The Kier molecular flexibility index (Phi) is 5.42. The van der Waals surface area contributed by atoms with Crippen LogP contribution in [0.5, 0.6) is 0 Å². The maximum atomic E-state index is 12.1. The third-order valence-electron chi connectivity index (χ3n) is 2.62. The molecule has 1 heterocycles. The van der Waals surface area contributed by atoms with Crippen LogP contribution in [0.15, 0.2) is 6.07 Å². The number of carbonyl (C=O) groups excluding carboxylic acids is 1. The first-order valence-electron chi connectivity index (χ1n) is 6.40. The Morgan fingerprint density at radius 2 is 2.00 bits per heavy atom. The molecule has 0 aromatic carbocycles. The monoisotopic (exact) mass is 280 g/mol. The molecule has 1 aromatic heterocycles. The maximum absolute atomic E-state index is 12.1. The number of aliphatic carboxylic acids is 1. The Morgan fingerprint density at radius 1 is 1.35 bits per heavy atom. The normalized spacial score (nSPS) is 12.1. The van der Waals surface area contributed by atoms with Gasteiger partial charge in [-0.1, -0.05) is 13.8 Å². The molecule has 0 saturated carbocycles. The van der Waals surface area contributed by atoms with Crippen molar-refractivity contribution in [2.75, 3.05) is 12.4 Å². The van der Waals surface area contributed by atoms with Gasteiger partial charge in [-0.25, -0.2) is 14.8 Å². The zero-order chi connectivity index (χ0) is 15.3. The second-order valence-electron chi connectivity index (χ2n) is 4.96. The van der Waals surface area contributed by atoms with Gasteiger partial charge in [0.05, 0.1) is 0 Å². The second-order valence-corrected chi connectivity index (χ2v) is 4.96. The molecule has 0 aliphatic rings. The third kappa shape index (κ3) is 4.49. The largest absolute Gasteiger partial charge is 0.480 e. The quantitative estimate of drug-likeness (QED) is 0.719. The van der Waals surface area contributed by atoms with E-state index in [9.17, 15) is 9.59 Å². The molecule has 1 rings (SSSR count). The molecule has 0 saturated heterocycles. The first-order chi connectivity index (χ1) is 9.33. The number of carboxylic acid groups (broad SMARTS) is 1. The van der Waals surface area contributed by atoms with Gasteiger partial charge in [-0.3, -0.25) is 4.79 Å². The number of carboxylic acids is 1. The van der Waals surface area contributed by atoms with Crippen LogP contribution in [-0.2, 0) is 4.79 Å². The number of rotatable bonds is 6. The van der Waals surface area contributed by atoms with Gasteiger partial charge in [-0.15, -0.1) is 0 Å². The van der Waals surface area contributed by atoms with E-state index in [4.69, 9.17) is 5.11 Å². The van der Waals surface area contributed by atoms with Crippen molar-refractivity contribution in [3.05, 3.63) is 17.5 Å². The van der Waals surface area contributed by atoms with Gasteiger partial charge in [0.1, 0.15) is 11.7 Å². The summed E-state index contributed by atoms with van der Waals surface area (Å²) in [7, 11) is 1.65. The number of aryl methyl sites for hydroxylation is 1. The highest BCUT2D eigenvalue weighted by Crippen LogP contribution is 2.08. The molecular weight excluding hydrogens is 260 g/mol. The lowest BCUT2D eigenvalue weighted by molar-refractivity contribution is -0.139. The summed E-state index contributed by atoms with van der Waals surface area (Å²) in [6.07, 6.45) is 0.365. The Labute approximate surface area is 117 Å². The van der Waals surface area contributed by atoms with Crippen molar-refractivity contribution < 1.29 is 14.7 Å². The number of hydrogen-bond acceptors (Lipinski definition) is 5. The molecule has 0 unspecified atom stereocenters. The summed E-state index contributed by atoms with van der Waals surface area (Å²) in [6.45, 7) is 5.54. The molecule has 20 heavy (non-hydrogen) atoms. The Hall–Kier alpha value is -2.18. The van der Waals surface area contributed by atoms with Crippen LogP contribution >= 0.6 is 0 Å². The van der Waals surface area contributed by atoms with E-state index in [1.54, 1.807) is 14.0 Å². The lowest BCUT2D eigenvalue weighted by Gasteiger charge is -2.16. The first-order valence-corrected chi connectivity index (χ1v) is 6.40. The van der Waals surface area contributed by atoms with Gasteiger partial charge in [-0.05, 0) is 25.3 Å². The molecule has 1 atom stereocenters. The van der Waals surface area contributed by atoms with E-state index < -0.39 is 17.9 Å². The molecule has 110 valence electrons. The highest BCUT2D eigenvalue weighted by molar-refractivity contribution is 5.95. The fourth-order valence-corrected chi connectivity index (χ4v) is 1.72. The van der Waals surface area contributed by atoms with Gasteiger partial charge < -0.3 is 15.7 Å². The van der Waals surface area contributed by atoms with E-state index in [-0.39, 0.29) is 11.6 Å². The maximum Gasteiger partial charge on any atom is 0.326 e. The number of aromatic nitrogens is 2. The fraction of sp³-hybridized carbons (Fsp3) is 0.538. The molecule has 0 bridgehead atoms. The van der Waals surface area contributed by atoms with Crippen molar-refractivity contribution in [3.63, 3.8) is 0 Å². The smallest absolute Gasteiger partial charge is 0.326 e. The Morgan fingerprint density at radius 3 is 2.50 bits per heavy atom. The fourth-order valence-electron chi connectivity index (χ4n) is 1.72. The zero-order valence-electron chi connectivity index (χ0n) is 12.1. The van der Waals surface area contributed by atoms with Crippen LogP contribution in [0.1, 0.15) is 36.5 Å². The summed E-state index contributed by atoms with van der Waals surface area (Å²) in [5, 5.41) is 14.4. The van der Waals surface area contributed by atoms with Crippen molar-refractivity contribution in [3.8, 4) is 0 Å². The van der Waals surface area contributed by atoms with E-state index in [2.05, 4.69) is 20.6 Å². The molecule has 0 spiro atoms. The topological polar surface area (TPSA) is 104 Å². The summed E-state index contributed by atoms with van der Waals surface area (Å²) >= 11 is 0. The van der Waals surface area contributed by atoms with Crippen LogP contribution in [0.4, 0.5) is 5.95 Å². The zero-order valence-corrected chi connectivity index (χ0v) is 12.1. The molecule has 0 radical (unpaired) electrons. The number of carbonyl (C=O) groups is 2. The number of hydrogen-bond donors (Lipinski definition) is 3. The van der Waals surface area contributed by atoms with E-state index in [1.807, 2.05) is 13.8 Å². The van der Waals surface area contributed by atoms with Crippen LogP contribution in [0.3, 0.4) is 0 Å². The summed E-state index contributed by atoms with van der Waals surface area (Å²) in [6, 6.07) is 0.598. The van der Waals surface area contributed by atoms with Crippen LogP contribution in [0.2, 0.25) is 0 Å². The molecule has 1 aromatic rings. The number of amides is 1. The lowest BCUT2D eigenvalue weighted by atomic mass is 10.0. The standard InChI is InChI=1S/C13H20N4O3/c1-7(2)5-10(12(19)20)16-11(18)9-6-8(3)15-13(14-4)17-9/h6-7,10H,5H2,1-4H3,(H,16,18)(H,19,20)(H,14,15,17)/t10-/m0/s1. The Balaban J connectivity index is 2.88. The van der Waals surface area contributed by atoms with E-state index in [0.29, 0.717) is 18.1 Å². The molecular formula is C13H20N4O3. The predicted octanol–water partition coefficient (Wildman–Crippen LogP) is 1.06. The van der Waals surface area contributed by atoms with Crippen LogP contribution in [0.25, 0.3) is 0 Å². The molecule has 3 N–H and O–H groups in total. The summed E-state index contributed by atoms with van der Waals surface area (Å²) in [5.41, 5.74) is 0.780. The summed E-state index contributed by atoms with van der Waals surface area (Å²) < 4.78 is 0. The summed E-state index contributed by atoms with van der Waals surface area (Å²) in [4.78, 5) is 31.3. The van der Waals surface area contributed by atoms with E-state index in [0.717, 1.165) is 0 Å². The molecule has 0 fully saturated rings. The van der Waals surface area contributed by atoms with Crippen LogP contribution in [0, 0.1) is 12.8 Å². The van der Waals surface area contributed by atoms with Crippen molar-refractivity contribution in [1.82, 2.24) is 15.3 Å². The van der Waals surface area contributed by atoms with Gasteiger partial charge >= 0.3 is 5.97 Å². The average Bonchev–Trinajstić information content (AvgIpc) is 2.36. The van der Waals surface area contributed by atoms with Crippen molar-refractivity contribution in [1.29, 1.82) is 0 Å². The Bertz CT molecular complexity index is 502. The van der Waals surface area contributed by atoms with Crippen LogP contribution < -0.4 is 10.6 Å². The van der Waals surface area contributed by atoms with Gasteiger partial charge in [0.15, 0.2) is 0 Å².